The highest BCUT2D eigenvalue weighted by Gasteiger charge is 2.00. The third-order valence-electron chi connectivity index (χ3n) is 0.780. The molecule has 5 nitrogen and oxygen atoms in total. The molecule has 0 saturated carbocycles. The van der Waals surface area contributed by atoms with Gasteiger partial charge < -0.3 is 10.8 Å². The first-order valence-corrected chi connectivity index (χ1v) is 2.51. The van der Waals surface area contributed by atoms with Crippen molar-refractivity contribution in [1.29, 1.82) is 0 Å². The second kappa shape index (κ2) is 4.51. The second-order valence-corrected chi connectivity index (χ2v) is 1.43. The van der Waals surface area contributed by atoms with Crippen molar-refractivity contribution in [3.63, 3.8) is 0 Å². The van der Waals surface area contributed by atoms with Crippen LogP contribution in [0.4, 0.5) is 4.79 Å². The smallest absolute Gasteiger partial charge is 0.320 e. The zero-order valence-electron chi connectivity index (χ0n) is 5.23. The Labute approximate surface area is 57.7 Å². The van der Waals surface area contributed by atoms with Crippen LogP contribution in [0.25, 0.3) is 0 Å². The Kier molecular flexibility index (Phi) is 3.90. The summed E-state index contributed by atoms with van der Waals surface area (Å²) < 4.78 is 0. The van der Waals surface area contributed by atoms with Crippen LogP contribution in [0.5, 0.6) is 0 Å². The van der Waals surface area contributed by atoms with E-state index < -0.39 is 12.8 Å². The molecule has 0 radical (unpaired) electrons. The van der Waals surface area contributed by atoms with Crippen LogP contribution in [0.2, 0.25) is 0 Å². The first kappa shape index (κ1) is 8.64. The molecule has 5 heteroatoms. The zero-order chi connectivity index (χ0) is 7.98. The molecule has 0 aliphatic heterocycles. The molecule has 0 rings (SSSR count). The van der Waals surface area contributed by atoms with Gasteiger partial charge in [0.2, 0.25) is 0 Å². The van der Waals surface area contributed by atoms with E-state index in [1.165, 1.54) is 0 Å². The number of urea groups is 1. The van der Waals surface area contributed by atoms with Crippen LogP contribution < -0.4 is 5.73 Å². The van der Waals surface area contributed by atoms with Crippen LogP contribution in [0.3, 0.4) is 0 Å². The lowest BCUT2D eigenvalue weighted by Gasteiger charge is -2.09. The fraction of sp³-hybridized carbons (Fsp3) is 0.200. The molecule has 2 amide bonds. The normalized spacial score (nSPS) is 9.70. The summed E-state index contributed by atoms with van der Waals surface area (Å²) in [7, 11) is 0. The van der Waals surface area contributed by atoms with E-state index >= 15 is 0 Å². The summed E-state index contributed by atoms with van der Waals surface area (Å²) in [5, 5.41) is 8.38. The lowest BCUT2D eigenvalue weighted by atomic mass is 10.6. The van der Waals surface area contributed by atoms with Crippen molar-refractivity contribution in [2.24, 2.45) is 5.73 Å². The summed E-state index contributed by atoms with van der Waals surface area (Å²) >= 11 is 0. The SMILES string of the molecule is NC(=O)N(C=CC=O)CO. The number of nitrogens with two attached hydrogens (primary N) is 1. The number of allylic oxidation sites excluding steroid dienone is 1. The predicted molar refractivity (Wildman–Crippen MR) is 33.7 cm³/mol. The molecule has 56 valence electrons. The van der Waals surface area contributed by atoms with Crippen molar-refractivity contribution >= 4 is 12.3 Å². The van der Waals surface area contributed by atoms with Gasteiger partial charge >= 0.3 is 6.03 Å². The molecular formula is C5H8N2O3. The third-order valence-corrected chi connectivity index (χ3v) is 0.780. The van der Waals surface area contributed by atoms with E-state index in [0.29, 0.717) is 6.29 Å². The third kappa shape index (κ3) is 2.83. The molecule has 0 spiro atoms. The maximum absolute atomic E-state index is 10.3. The molecule has 3 N–H and O–H groups in total. The molecule has 0 saturated heterocycles. The van der Waals surface area contributed by atoms with Crippen LogP contribution in [0, 0.1) is 0 Å². The molecule has 0 bridgehead atoms. The predicted octanol–water partition coefficient (Wildman–Crippen LogP) is -0.971. The van der Waals surface area contributed by atoms with Crippen molar-refractivity contribution in [3.05, 3.63) is 12.3 Å². The van der Waals surface area contributed by atoms with Gasteiger partial charge in [0.15, 0.2) is 0 Å². The van der Waals surface area contributed by atoms with E-state index in [2.05, 4.69) is 0 Å². The van der Waals surface area contributed by atoms with Crippen LogP contribution in [0.1, 0.15) is 0 Å². The van der Waals surface area contributed by atoms with E-state index in [4.69, 9.17) is 10.8 Å². The summed E-state index contributed by atoms with van der Waals surface area (Å²) in [6.45, 7) is -0.528. The minimum absolute atomic E-state index is 0.478. The fourth-order valence-corrected chi connectivity index (χ4v) is 0.329. The molecule has 0 heterocycles. The Morgan fingerprint density at radius 1 is 1.70 bits per heavy atom. The average Bonchev–Trinajstić information content (AvgIpc) is 1.89. The van der Waals surface area contributed by atoms with Gasteiger partial charge in [-0.15, -0.1) is 0 Å². The Morgan fingerprint density at radius 3 is 2.60 bits per heavy atom. The highest BCUT2D eigenvalue weighted by Crippen LogP contribution is 1.84. The summed E-state index contributed by atoms with van der Waals surface area (Å²) in [4.78, 5) is 20.7. The van der Waals surface area contributed by atoms with Crippen molar-refractivity contribution in [1.82, 2.24) is 4.90 Å². The maximum atomic E-state index is 10.3. The Hall–Kier alpha value is -1.36. The fourth-order valence-electron chi connectivity index (χ4n) is 0.329. The minimum Gasteiger partial charge on any atom is -0.376 e. The van der Waals surface area contributed by atoms with Gasteiger partial charge in [0, 0.05) is 6.20 Å². The lowest BCUT2D eigenvalue weighted by Crippen LogP contribution is -2.31. The number of hydrogen-bond acceptors (Lipinski definition) is 3. The van der Waals surface area contributed by atoms with Crippen LogP contribution in [-0.4, -0.2) is 29.1 Å². The molecule has 0 fully saturated rings. The van der Waals surface area contributed by atoms with Crippen LogP contribution >= 0.6 is 0 Å². The second-order valence-electron chi connectivity index (χ2n) is 1.43. The monoisotopic (exact) mass is 144 g/mol. The van der Waals surface area contributed by atoms with E-state index in [1.807, 2.05) is 0 Å². The summed E-state index contributed by atoms with van der Waals surface area (Å²) in [6.07, 6.45) is 2.63. The van der Waals surface area contributed by atoms with Crippen LogP contribution in [0.15, 0.2) is 12.3 Å². The number of rotatable bonds is 3. The van der Waals surface area contributed by atoms with Crippen LogP contribution in [-0.2, 0) is 4.79 Å². The molecule has 0 aliphatic rings. The number of aliphatic hydroxyl groups excluding tert-OH is 1. The molecule has 10 heavy (non-hydrogen) atoms. The Balaban J connectivity index is 3.94. The van der Waals surface area contributed by atoms with Crippen molar-refractivity contribution in [2.45, 2.75) is 0 Å². The lowest BCUT2D eigenvalue weighted by molar-refractivity contribution is -0.104. The highest BCUT2D eigenvalue weighted by atomic mass is 16.3. The molecule has 0 aromatic carbocycles. The first-order chi connectivity index (χ1) is 4.72. The summed E-state index contributed by atoms with van der Waals surface area (Å²) in [5.74, 6) is 0. The number of primary amides is 1. The standard InChI is InChI=1S/C5H8N2O3/c6-5(10)7(4-9)2-1-3-8/h1-3,9H,4H2,(H2,6,10). The summed E-state index contributed by atoms with van der Waals surface area (Å²) in [6, 6.07) is -0.805. The molecule has 0 aliphatic carbocycles. The average molecular weight is 144 g/mol. The molecule has 0 unspecified atom stereocenters. The number of nitrogens with zero attached hydrogens (tertiary/aromatic N) is 1. The van der Waals surface area contributed by atoms with Crippen molar-refractivity contribution in [2.75, 3.05) is 6.73 Å². The number of carbonyl (C=O) groups is 2. The first-order valence-electron chi connectivity index (χ1n) is 2.51. The van der Waals surface area contributed by atoms with Crippen molar-refractivity contribution in [3.8, 4) is 0 Å². The van der Waals surface area contributed by atoms with Gasteiger partial charge in [-0.05, 0) is 6.08 Å². The van der Waals surface area contributed by atoms with Gasteiger partial charge in [0.25, 0.3) is 0 Å². The van der Waals surface area contributed by atoms with E-state index in [-0.39, 0.29) is 0 Å². The number of hydrogen-bond donors (Lipinski definition) is 2. The van der Waals surface area contributed by atoms with E-state index in [9.17, 15) is 9.59 Å². The van der Waals surface area contributed by atoms with Gasteiger partial charge in [0.05, 0.1) is 0 Å². The topological polar surface area (TPSA) is 83.6 Å². The molecular weight excluding hydrogens is 136 g/mol. The van der Waals surface area contributed by atoms with Gasteiger partial charge in [-0.1, -0.05) is 0 Å². The Bertz CT molecular complexity index is 155. The van der Waals surface area contributed by atoms with E-state index in [0.717, 1.165) is 17.2 Å². The minimum atomic E-state index is -0.805. The number of aldehydes is 1. The largest absolute Gasteiger partial charge is 0.376 e. The van der Waals surface area contributed by atoms with Gasteiger partial charge in [-0.3, -0.25) is 9.69 Å². The van der Waals surface area contributed by atoms with Gasteiger partial charge in [-0.25, -0.2) is 4.79 Å². The summed E-state index contributed by atoms with van der Waals surface area (Å²) in [5.41, 5.74) is 4.75. The van der Waals surface area contributed by atoms with Gasteiger partial charge in [0.1, 0.15) is 13.0 Å². The maximum Gasteiger partial charge on any atom is 0.320 e. The highest BCUT2D eigenvalue weighted by molar-refractivity contribution is 5.74. The Morgan fingerprint density at radius 2 is 2.30 bits per heavy atom. The van der Waals surface area contributed by atoms with Gasteiger partial charge in [-0.2, -0.15) is 0 Å². The molecule has 0 aromatic heterocycles. The molecule has 0 atom stereocenters. The number of amides is 2. The number of carbonyl (C=O) groups excluding carboxylic acids is 2. The number of aliphatic hydroxyl groups is 1. The molecule has 0 aromatic rings. The zero-order valence-corrected chi connectivity index (χ0v) is 5.23. The van der Waals surface area contributed by atoms with E-state index in [1.54, 1.807) is 0 Å². The van der Waals surface area contributed by atoms with Crippen molar-refractivity contribution < 1.29 is 14.7 Å². The quantitative estimate of drug-likeness (QED) is 0.303.